The van der Waals surface area contributed by atoms with Gasteiger partial charge in [-0.15, -0.1) is 0 Å². The molecule has 0 amide bonds. The Labute approximate surface area is 88.7 Å². The lowest BCUT2D eigenvalue weighted by atomic mass is 9.95. The lowest BCUT2D eigenvalue weighted by Gasteiger charge is -2.19. The third-order valence-electron chi connectivity index (χ3n) is 2.45. The normalized spacial score (nSPS) is 13.2. The Kier molecular flexibility index (Phi) is 7.77. The zero-order valence-corrected chi connectivity index (χ0v) is 10.2. The molecule has 0 saturated heterocycles. The summed E-state index contributed by atoms with van der Waals surface area (Å²) in [6, 6.07) is 0. The summed E-state index contributed by atoms with van der Waals surface area (Å²) >= 11 is 0. The van der Waals surface area contributed by atoms with Gasteiger partial charge < -0.3 is 4.90 Å². The fourth-order valence-electron chi connectivity index (χ4n) is 1.70. The monoisotopic (exact) mass is 199 g/mol. The topological polar surface area (TPSA) is 20.3 Å². The summed E-state index contributed by atoms with van der Waals surface area (Å²) in [7, 11) is 4.07. The van der Waals surface area contributed by atoms with E-state index in [-0.39, 0.29) is 5.92 Å². The highest BCUT2D eigenvalue weighted by molar-refractivity contribution is 5.81. The van der Waals surface area contributed by atoms with Gasteiger partial charge in [-0.1, -0.05) is 26.7 Å². The molecule has 0 aromatic rings. The Hall–Kier alpha value is -0.370. The van der Waals surface area contributed by atoms with Gasteiger partial charge in [0.2, 0.25) is 0 Å². The molecule has 0 heterocycles. The number of unbranched alkanes of at least 4 members (excludes halogenated alkanes) is 1. The van der Waals surface area contributed by atoms with Gasteiger partial charge in [0.25, 0.3) is 0 Å². The van der Waals surface area contributed by atoms with Crippen LogP contribution in [-0.2, 0) is 4.79 Å². The maximum absolute atomic E-state index is 11.8. The van der Waals surface area contributed by atoms with Gasteiger partial charge >= 0.3 is 0 Å². The molecule has 0 spiro atoms. The van der Waals surface area contributed by atoms with Crippen LogP contribution < -0.4 is 0 Å². The summed E-state index contributed by atoms with van der Waals surface area (Å²) in [6.07, 6.45) is 5.09. The number of nitrogens with zero attached hydrogens (tertiary/aromatic N) is 1. The van der Waals surface area contributed by atoms with E-state index in [1.807, 2.05) is 14.1 Å². The molecule has 1 unspecified atom stereocenters. The van der Waals surface area contributed by atoms with Crippen LogP contribution in [0.15, 0.2) is 0 Å². The first-order chi connectivity index (χ1) is 6.61. The van der Waals surface area contributed by atoms with Crippen molar-refractivity contribution >= 4 is 5.78 Å². The van der Waals surface area contributed by atoms with Crippen LogP contribution in [0.1, 0.15) is 46.0 Å². The van der Waals surface area contributed by atoms with Gasteiger partial charge in [0.15, 0.2) is 0 Å². The van der Waals surface area contributed by atoms with Gasteiger partial charge in [0.1, 0.15) is 5.78 Å². The first-order valence-electron chi connectivity index (χ1n) is 5.79. The predicted molar refractivity (Wildman–Crippen MR) is 61.5 cm³/mol. The number of hydrogen-bond donors (Lipinski definition) is 0. The van der Waals surface area contributed by atoms with Crippen LogP contribution in [0.2, 0.25) is 0 Å². The van der Waals surface area contributed by atoms with Crippen molar-refractivity contribution in [3.05, 3.63) is 0 Å². The van der Waals surface area contributed by atoms with Crippen LogP contribution in [0.25, 0.3) is 0 Å². The SMILES string of the molecule is CCCCC(=O)C(CCC)CN(C)C. The van der Waals surface area contributed by atoms with Crippen LogP contribution >= 0.6 is 0 Å². The molecule has 1 atom stereocenters. The number of carbonyl (C=O) groups is 1. The second kappa shape index (κ2) is 7.98. The van der Waals surface area contributed by atoms with E-state index in [0.717, 1.165) is 38.6 Å². The van der Waals surface area contributed by atoms with Gasteiger partial charge in [-0.25, -0.2) is 0 Å². The summed E-state index contributed by atoms with van der Waals surface area (Å²) in [6.45, 7) is 5.19. The van der Waals surface area contributed by atoms with Crippen molar-refractivity contribution in [3.63, 3.8) is 0 Å². The van der Waals surface area contributed by atoms with E-state index in [0.29, 0.717) is 5.78 Å². The van der Waals surface area contributed by atoms with Gasteiger partial charge in [0, 0.05) is 18.9 Å². The highest BCUT2D eigenvalue weighted by Gasteiger charge is 2.17. The minimum atomic E-state index is 0.265. The van der Waals surface area contributed by atoms with E-state index < -0.39 is 0 Å². The van der Waals surface area contributed by atoms with Crippen molar-refractivity contribution in [3.8, 4) is 0 Å². The molecule has 0 aromatic heterocycles. The fraction of sp³-hybridized carbons (Fsp3) is 0.917. The van der Waals surface area contributed by atoms with Crippen molar-refractivity contribution in [2.24, 2.45) is 5.92 Å². The second-order valence-corrected chi connectivity index (χ2v) is 4.32. The lowest BCUT2D eigenvalue weighted by Crippen LogP contribution is -2.27. The molecule has 14 heavy (non-hydrogen) atoms. The largest absolute Gasteiger partial charge is 0.309 e. The summed E-state index contributed by atoms with van der Waals surface area (Å²) in [5.74, 6) is 0.726. The molecular formula is C12H25NO. The second-order valence-electron chi connectivity index (χ2n) is 4.32. The zero-order chi connectivity index (χ0) is 11.0. The molecule has 0 aliphatic carbocycles. The van der Waals surface area contributed by atoms with Gasteiger partial charge in [-0.3, -0.25) is 4.79 Å². The number of rotatable bonds is 8. The lowest BCUT2D eigenvalue weighted by molar-refractivity contribution is -0.123. The van der Waals surface area contributed by atoms with Crippen molar-refractivity contribution in [1.82, 2.24) is 4.90 Å². The average molecular weight is 199 g/mol. The molecule has 0 bridgehead atoms. The Morgan fingerprint density at radius 3 is 2.29 bits per heavy atom. The molecule has 0 aliphatic rings. The Morgan fingerprint density at radius 2 is 1.86 bits per heavy atom. The number of carbonyl (C=O) groups excluding carboxylic acids is 1. The fourth-order valence-corrected chi connectivity index (χ4v) is 1.70. The minimum absolute atomic E-state index is 0.265. The molecular weight excluding hydrogens is 174 g/mol. The van der Waals surface area contributed by atoms with E-state index in [2.05, 4.69) is 18.7 Å². The van der Waals surface area contributed by atoms with E-state index in [9.17, 15) is 4.79 Å². The van der Waals surface area contributed by atoms with Crippen LogP contribution in [0, 0.1) is 5.92 Å². The van der Waals surface area contributed by atoms with Crippen molar-refractivity contribution in [1.29, 1.82) is 0 Å². The van der Waals surface area contributed by atoms with Crippen LogP contribution in [0.5, 0.6) is 0 Å². The maximum Gasteiger partial charge on any atom is 0.137 e. The number of ketones is 1. The quantitative estimate of drug-likeness (QED) is 0.599. The third-order valence-corrected chi connectivity index (χ3v) is 2.45. The number of hydrogen-bond acceptors (Lipinski definition) is 2. The van der Waals surface area contributed by atoms with Crippen LogP contribution in [0.3, 0.4) is 0 Å². The molecule has 2 nitrogen and oxygen atoms in total. The van der Waals surface area contributed by atoms with E-state index in [1.165, 1.54) is 0 Å². The molecule has 84 valence electrons. The van der Waals surface area contributed by atoms with Gasteiger partial charge in [-0.2, -0.15) is 0 Å². The first-order valence-corrected chi connectivity index (χ1v) is 5.79. The molecule has 0 radical (unpaired) electrons. The third kappa shape index (κ3) is 6.14. The molecule has 0 aromatic carbocycles. The van der Waals surface area contributed by atoms with Crippen molar-refractivity contribution in [2.75, 3.05) is 20.6 Å². The molecule has 2 heteroatoms. The van der Waals surface area contributed by atoms with Gasteiger partial charge in [-0.05, 0) is 26.9 Å². The van der Waals surface area contributed by atoms with Crippen molar-refractivity contribution in [2.45, 2.75) is 46.0 Å². The molecule has 0 rings (SSSR count). The van der Waals surface area contributed by atoms with E-state index in [1.54, 1.807) is 0 Å². The average Bonchev–Trinajstić information content (AvgIpc) is 2.13. The van der Waals surface area contributed by atoms with E-state index >= 15 is 0 Å². The van der Waals surface area contributed by atoms with Crippen molar-refractivity contribution < 1.29 is 4.79 Å². The minimum Gasteiger partial charge on any atom is -0.309 e. The van der Waals surface area contributed by atoms with E-state index in [4.69, 9.17) is 0 Å². The highest BCUT2D eigenvalue weighted by Crippen LogP contribution is 2.12. The Balaban J connectivity index is 3.97. The summed E-state index contributed by atoms with van der Waals surface area (Å²) in [4.78, 5) is 13.9. The molecule has 0 aliphatic heterocycles. The van der Waals surface area contributed by atoms with Gasteiger partial charge in [0.05, 0.1) is 0 Å². The Morgan fingerprint density at radius 1 is 1.21 bits per heavy atom. The Bertz CT molecular complexity index is 154. The smallest absolute Gasteiger partial charge is 0.137 e. The summed E-state index contributed by atoms with van der Waals surface area (Å²) in [5.41, 5.74) is 0. The summed E-state index contributed by atoms with van der Waals surface area (Å²) in [5, 5.41) is 0. The molecule has 0 N–H and O–H groups in total. The number of Topliss-reactive ketones (excluding diaryl/α,β-unsaturated/α-hetero) is 1. The van der Waals surface area contributed by atoms with Crippen LogP contribution in [0.4, 0.5) is 0 Å². The standard InChI is InChI=1S/C12H25NO/c1-5-7-9-12(14)11(8-6-2)10-13(3)4/h11H,5-10H2,1-4H3. The zero-order valence-electron chi connectivity index (χ0n) is 10.2. The first kappa shape index (κ1) is 13.6. The molecule has 0 fully saturated rings. The maximum atomic E-state index is 11.8. The summed E-state index contributed by atoms with van der Waals surface area (Å²) < 4.78 is 0. The molecule has 0 saturated carbocycles. The predicted octanol–water partition coefficient (Wildman–Crippen LogP) is 2.72. The van der Waals surface area contributed by atoms with Crippen LogP contribution in [-0.4, -0.2) is 31.3 Å². The highest BCUT2D eigenvalue weighted by atomic mass is 16.1.